The van der Waals surface area contributed by atoms with E-state index in [9.17, 15) is 17.6 Å². The predicted molar refractivity (Wildman–Crippen MR) is 115 cm³/mol. The smallest absolute Gasteiger partial charge is 0.252 e. The largest absolute Gasteiger partial charge is 0.316 e. The Labute approximate surface area is 173 Å². The fraction of sp³-hybridized carbons (Fsp3) is 0.333. The molecule has 0 aliphatic carbocycles. The van der Waals surface area contributed by atoms with Gasteiger partial charge in [-0.15, -0.1) is 0 Å². The number of carbonyl (C=O) groups is 1. The van der Waals surface area contributed by atoms with Gasteiger partial charge in [0.25, 0.3) is 5.91 Å². The van der Waals surface area contributed by atoms with Crippen LogP contribution in [0.1, 0.15) is 16.7 Å². The summed E-state index contributed by atoms with van der Waals surface area (Å²) in [4.78, 5) is 18.8. The Hall–Kier alpha value is -2.19. The fourth-order valence-corrected chi connectivity index (χ4v) is 7.81. The Kier molecular flexibility index (Phi) is 5.25. The third-order valence-corrected chi connectivity index (χ3v) is 8.25. The first-order valence-corrected chi connectivity index (χ1v) is 12.0. The van der Waals surface area contributed by atoms with Crippen LogP contribution in [0.4, 0.5) is 10.1 Å². The van der Waals surface area contributed by atoms with Gasteiger partial charge in [-0.05, 0) is 54.8 Å². The Morgan fingerprint density at radius 1 is 1.14 bits per heavy atom. The lowest BCUT2D eigenvalue weighted by molar-refractivity contribution is -0.117. The number of anilines is 1. The molecule has 0 spiro atoms. The van der Waals surface area contributed by atoms with Crippen LogP contribution in [0.5, 0.6) is 0 Å². The highest BCUT2D eigenvalue weighted by Gasteiger charge is 2.49. The van der Waals surface area contributed by atoms with E-state index in [0.717, 1.165) is 16.8 Å². The van der Waals surface area contributed by atoms with Crippen LogP contribution in [-0.4, -0.2) is 42.3 Å². The summed E-state index contributed by atoms with van der Waals surface area (Å²) < 4.78 is 37.4. The number of benzene rings is 2. The number of halogens is 1. The van der Waals surface area contributed by atoms with E-state index in [-0.39, 0.29) is 40.9 Å². The number of aliphatic imine (C=N–C) groups is 1. The summed E-state index contributed by atoms with van der Waals surface area (Å²) in [6.45, 7) is 3.97. The van der Waals surface area contributed by atoms with Gasteiger partial charge in [0, 0.05) is 10.9 Å². The van der Waals surface area contributed by atoms with Crippen molar-refractivity contribution in [3.63, 3.8) is 0 Å². The molecular weight excluding hydrogens is 411 g/mol. The van der Waals surface area contributed by atoms with Crippen molar-refractivity contribution in [1.29, 1.82) is 0 Å². The first-order chi connectivity index (χ1) is 13.7. The molecule has 2 fully saturated rings. The van der Waals surface area contributed by atoms with Crippen LogP contribution in [0.3, 0.4) is 0 Å². The Balaban J connectivity index is 1.66. The van der Waals surface area contributed by atoms with Crippen LogP contribution < -0.4 is 4.90 Å². The van der Waals surface area contributed by atoms with Gasteiger partial charge in [0.05, 0.1) is 24.0 Å². The van der Waals surface area contributed by atoms with Crippen molar-refractivity contribution in [1.82, 2.24) is 0 Å². The maximum absolute atomic E-state index is 13.1. The standard InChI is InChI=1S/C21H21FN2O3S2/c1-13-7-14(2)9-17(8-13)24-18-11-29(26,27)12-19(18)28-21(24)23-20(25)10-15-3-5-16(22)6-4-15/h3-9,18-19H,10-12H2,1-2H3. The zero-order valence-corrected chi connectivity index (χ0v) is 17.8. The second-order valence-corrected chi connectivity index (χ2v) is 11.0. The number of sulfone groups is 1. The highest BCUT2D eigenvalue weighted by Crippen LogP contribution is 2.41. The first kappa shape index (κ1) is 20.1. The molecule has 2 aromatic carbocycles. The van der Waals surface area contributed by atoms with Gasteiger partial charge < -0.3 is 4.90 Å². The Bertz CT molecular complexity index is 1080. The average Bonchev–Trinajstić information content (AvgIpc) is 3.06. The molecule has 0 saturated carbocycles. The number of amides is 1. The van der Waals surface area contributed by atoms with E-state index < -0.39 is 9.84 Å². The summed E-state index contributed by atoms with van der Waals surface area (Å²) in [5, 5.41) is 0.394. The number of nitrogens with zero attached hydrogens (tertiary/aromatic N) is 2. The molecule has 29 heavy (non-hydrogen) atoms. The lowest BCUT2D eigenvalue weighted by atomic mass is 10.1. The predicted octanol–water partition coefficient (Wildman–Crippen LogP) is 3.29. The van der Waals surface area contributed by atoms with Crippen molar-refractivity contribution in [2.45, 2.75) is 31.6 Å². The summed E-state index contributed by atoms with van der Waals surface area (Å²) in [6, 6.07) is 11.6. The summed E-state index contributed by atoms with van der Waals surface area (Å²) in [5.41, 5.74) is 3.66. The maximum Gasteiger partial charge on any atom is 0.252 e. The van der Waals surface area contributed by atoms with Crippen LogP contribution in [0.25, 0.3) is 0 Å². The normalized spacial score (nSPS) is 24.1. The molecule has 8 heteroatoms. The van der Waals surface area contributed by atoms with E-state index >= 15 is 0 Å². The van der Waals surface area contributed by atoms with Gasteiger partial charge in [-0.3, -0.25) is 4.79 Å². The van der Waals surface area contributed by atoms with E-state index in [1.165, 1.54) is 23.9 Å². The molecule has 2 aliphatic rings. The Morgan fingerprint density at radius 3 is 2.45 bits per heavy atom. The third-order valence-electron chi connectivity index (χ3n) is 5.04. The molecule has 2 heterocycles. The summed E-state index contributed by atoms with van der Waals surface area (Å²) in [5.74, 6) is -0.539. The van der Waals surface area contributed by atoms with Crippen molar-refractivity contribution in [3.05, 3.63) is 65.0 Å². The molecule has 2 aromatic rings. The maximum atomic E-state index is 13.1. The molecule has 1 amide bonds. The molecule has 2 atom stereocenters. The SMILES string of the molecule is Cc1cc(C)cc(N2C(=NC(=O)Cc3ccc(F)cc3)SC3CS(=O)(=O)CC32)c1. The van der Waals surface area contributed by atoms with Crippen molar-refractivity contribution in [2.75, 3.05) is 16.4 Å². The lowest BCUT2D eigenvalue weighted by Crippen LogP contribution is -2.37. The third kappa shape index (κ3) is 4.38. The van der Waals surface area contributed by atoms with E-state index in [0.29, 0.717) is 10.7 Å². The lowest BCUT2D eigenvalue weighted by Gasteiger charge is -2.25. The number of aryl methyl sites for hydroxylation is 2. The molecular formula is C21H21FN2O3S2. The molecule has 5 nitrogen and oxygen atoms in total. The molecule has 2 aliphatic heterocycles. The van der Waals surface area contributed by atoms with Gasteiger partial charge in [-0.25, -0.2) is 12.8 Å². The number of carbonyl (C=O) groups excluding carboxylic acids is 1. The van der Waals surface area contributed by atoms with Crippen molar-refractivity contribution in [3.8, 4) is 0 Å². The fourth-order valence-electron chi connectivity index (χ4n) is 3.88. The van der Waals surface area contributed by atoms with Crippen molar-refractivity contribution >= 4 is 38.4 Å². The van der Waals surface area contributed by atoms with E-state index in [4.69, 9.17) is 0 Å². The second-order valence-electron chi connectivity index (χ2n) is 7.61. The van der Waals surface area contributed by atoms with Gasteiger partial charge >= 0.3 is 0 Å². The molecule has 0 bridgehead atoms. The summed E-state index contributed by atoms with van der Waals surface area (Å²) >= 11 is 1.36. The number of hydrogen-bond acceptors (Lipinski definition) is 4. The molecule has 2 unspecified atom stereocenters. The number of fused-ring (bicyclic) bond motifs is 1. The van der Waals surface area contributed by atoms with Gasteiger partial charge in [0.1, 0.15) is 5.82 Å². The first-order valence-electron chi connectivity index (χ1n) is 9.31. The van der Waals surface area contributed by atoms with E-state index in [1.807, 2.05) is 36.9 Å². The number of hydrogen-bond donors (Lipinski definition) is 0. The second kappa shape index (κ2) is 7.57. The topological polar surface area (TPSA) is 66.8 Å². The van der Waals surface area contributed by atoms with E-state index in [2.05, 4.69) is 4.99 Å². The zero-order chi connectivity index (χ0) is 20.8. The monoisotopic (exact) mass is 432 g/mol. The van der Waals surface area contributed by atoms with Crippen LogP contribution in [-0.2, 0) is 21.1 Å². The molecule has 0 radical (unpaired) electrons. The summed E-state index contributed by atoms with van der Waals surface area (Å²) in [6.07, 6.45) is 0.0681. The average molecular weight is 433 g/mol. The molecule has 0 N–H and O–H groups in total. The van der Waals surface area contributed by atoms with Crippen LogP contribution in [0.15, 0.2) is 47.5 Å². The van der Waals surface area contributed by atoms with Crippen LogP contribution >= 0.6 is 11.8 Å². The molecule has 152 valence electrons. The minimum absolute atomic E-state index is 0.0584. The van der Waals surface area contributed by atoms with Gasteiger partial charge in [0.15, 0.2) is 15.0 Å². The van der Waals surface area contributed by atoms with Crippen molar-refractivity contribution in [2.24, 2.45) is 4.99 Å². The van der Waals surface area contributed by atoms with Gasteiger partial charge in [0.2, 0.25) is 0 Å². The Morgan fingerprint density at radius 2 is 1.79 bits per heavy atom. The van der Waals surface area contributed by atoms with E-state index in [1.54, 1.807) is 12.1 Å². The van der Waals surface area contributed by atoms with Crippen molar-refractivity contribution < 1.29 is 17.6 Å². The minimum atomic E-state index is -3.11. The minimum Gasteiger partial charge on any atom is -0.316 e. The number of thioether (sulfide) groups is 1. The van der Waals surface area contributed by atoms with Gasteiger partial charge in [-0.2, -0.15) is 4.99 Å². The van der Waals surface area contributed by atoms with Gasteiger partial charge in [-0.1, -0.05) is 30.0 Å². The molecule has 2 saturated heterocycles. The highest BCUT2D eigenvalue weighted by molar-refractivity contribution is 8.16. The quantitative estimate of drug-likeness (QED) is 0.745. The molecule has 4 rings (SSSR count). The van der Waals surface area contributed by atoms with Crippen LogP contribution in [0.2, 0.25) is 0 Å². The number of amidine groups is 1. The summed E-state index contributed by atoms with van der Waals surface area (Å²) in [7, 11) is -3.11. The zero-order valence-electron chi connectivity index (χ0n) is 16.1. The van der Waals surface area contributed by atoms with Crippen LogP contribution in [0, 0.1) is 19.7 Å². The number of rotatable bonds is 3. The highest BCUT2D eigenvalue weighted by atomic mass is 32.2. The molecule has 0 aromatic heterocycles.